The van der Waals surface area contributed by atoms with E-state index in [1.54, 1.807) is 0 Å². The number of carbonyl (C=O) groups is 1. The van der Waals surface area contributed by atoms with Crippen molar-refractivity contribution >= 4 is 5.91 Å². The summed E-state index contributed by atoms with van der Waals surface area (Å²) in [5.41, 5.74) is 3.64. The summed E-state index contributed by atoms with van der Waals surface area (Å²) in [7, 11) is 0. The van der Waals surface area contributed by atoms with Crippen molar-refractivity contribution in [3.05, 3.63) is 71.3 Å². The van der Waals surface area contributed by atoms with Crippen molar-refractivity contribution in [1.29, 1.82) is 0 Å². The molecule has 0 bridgehead atoms. The Hall–Kier alpha value is -2.09. The Labute approximate surface area is 133 Å². The van der Waals surface area contributed by atoms with Gasteiger partial charge in [-0.05, 0) is 30.9 Å². The molecule has 0 radical (unpaired) electrons. The second-order valence-corrected chi connectivity index (χ2v) is 5.78. The van der Waals surface area contributed by atoms with E-state index in [0.29, 0.717) is 6.54 Å². The summed E-state index contributed by atoms with van der Waals surface area (Å²) in [5.74, 6) is 0.101. The number of hydrogen-bond acceptors (Lipinski definition) is 1. The van der Waals surface area contributed by atoms with E-state index in [4.69, 9.17) is 0 Å². The highest BCUT2D eigenvalue weighted by Gasteiger charge is 2.18. The summed E-state index contributed by atoms with van der Waals surface area (Å²) in [6, 6.07) is 18.5. The van der Waals surface area contributed by atoms with Crippen molar-refractivity contribution in [1.82, 2.24) is 5.32 Å². The lowest BCUT2D eigenvalue weighted by Crippen LogP contribution is -2.31. The largest absolute Gasteiger partial charge is 0.355 e. The molecule has 0 saturated heterocycles. The zero-order valence-electron chi connectivity index (χ0n) is 13.5. The third-order valence-corrected chi connectivity index (χ3v) is 3.89. The molecule has 1 N–H and O–H groups in total. The van der Waals surface area contributed by atoms with Gasteiger partial charge in [-0.15, -0.1) is 0 Å². The van der Waals surface area contributed by atoms with Gasteiger partial charge < -0.3 is 5.32 Å². The van der Waals surface area contributed by atoms with Gasteiger partial charge in [0.25, 0.3) is 0 Å². The first-order chi connectivity index (χ1) is 10.7. The highest BCUT2D eigenvalue weighted by molar-refractivity contribution is 5.83. The van der Waals surface area contributed by atoms with Crippen LogP contribution in [0.4, 0.5) is 0 Å². The predicted molar refractivity (Wildman–Crippen MR) is 92.0 cm³/mol. The van der Waals surface area contributed by atoms with Gasteiger partial charge in [-0.25, -0.2) is 0 Å². The third-order valence-electron chi connectivity index (χ3n) is 3.89. The van der Waals surface area contributed by atoms with Gasteiger partial charge in [-0.2, -0.15) is 0 Å². The molecule has 1 amide bonds. The van der Waals surface area contributed by atoms with Crippen LogP contribution in [0.5, 0.6) is 0 Å². The van der Waals surface area contributed by atoms with Crippen LogP contribution < -0.4 is 5.32 Å². The highest BCUT2D eigenvalue weighted by atomic mass is 16.1. The summed E-state index contributed by atoms with van der Waals surface area (Å²) in [6.45, 7) is 4.90. The summed E-state index contributed by atoms with van der Waals surface area (Å²) in [4.78, 5) is 12.5. The molecule has 0 aromatic heterocycles. The fourth-order valence-electron chi connectivity index (χ4n) is 2.74. The van der Waals surface area contributed by atoms with Crippen LogP contribution in [0.2, 0.25) is 0 Å². The van der Waals surface area contributed by atoms with E-state index >= 15 is 0 Å². The lowest BCUT2D eigenvalue weighted by Gasteiger charge is -2.16. The molecule has 1 unspecified atom stereocenters. The molecule has 0 aliphatic heterocycles. The van der Waals surface area contributed by atoms with Crippen LogP contribution in [0.15, 0.2) is 54.6 Å². The molecule has 0 spiro atoms. The SMILES string of the molecule is CCCC(C(=O)NCCc1cccc(C)c1)c1ccccc1. The van der Waals surface area contributed by atoms with Crippen LogP contribution in [-0.2, 0) is 11.2 Å². The van der Waals surface area contributed by atoms with E-state index in [-0.39, 0.29) is 11.8 Å². The third kappa shape index (κ3) is 4.73. The number of aryl methyl sites for hydroxylation is 1. The zero-order chi connectivity index (χ0) is 15.8. The number of carbonyl (C=O) groups excluding carboxylic acids is 1. The van der Waals surface area contributed by atoms with E-state index < -0.39 is 0 Å². The molecule has 2 nitrogen and oxygen atoms in total. The monoisotopic (exact) mass is 295 g/mol. The predicted octanol–water partition coefficient (Wildman–Crippen LogP) is 4.24. The van der Waals surface area contributed by atoms with Crippen molar-refractivity contribution in [2.24, 2.45) is 0 Å². The molecule has 2 aromatic rings. The molecule has 2 heteroatoms. The number of hydrogen-bond donors (Lipinski definition) is 1. The molecule has 0 fully saturated rings. The highest BCUT2D eigenvalue weighted by Crippen LogP contribution is 2.21. The molecule has 0 heterocycles. The topological polar surface area (TPSA) is 29.1 Å². The van der Waals surface area contributed by atoms with Gasteiger partial charge in [-0.1, -0.05) is 73.5 Å². The standard InChI is InChI=1S/C20H25NO/c1-3-8-19(18-11-5-4-6-12-18)20(22)21-14-13-17-10-7-9-16(2)15-17/h4-7,9-12,15,19H,3,8,13-14H2,1-2H3,(H,21,22). The van der Waals surface area contributed by atoms with E-state index in [0.717, 1.165) is 24.8 Å². The maximum Gasteiger partial charge on any atom is 0.227 e. The smallest absolute Gasteiger partial charge is 0.227 e. The Morgan fingerprint density at radius 2 is 1.86 bits per heavy atom. The van der Waals surface area contributed by atoms with Crippen molar-refractivity contribution in [2.45, 2.75) is 39.0 Å². The van der Waals surface area contributed by atoms with Crippen molar-refractivity contribution < 1.29 is 4.79 Å². The second kappa shape index (κ2) is 8.38. The molecule has 0 aliphatic carbocycles. The molecule has 2 aromatic carbocycles. The summed E-state index contributed by atoms with van der Waals surface area (Å²) in [6.07, 6.45) is 2.77. The average Bonchev–Trinajstić information content (AvgIpc) is 2.53. The first-order valence-electron chi connectivity index (χ1n) is 8.09. The summed E-state index contributed by atoms with van der Waals surface area (Å²) in [5, 5.41) is 3.10. The van der Waals surface area contributed by atoms with Gasteiger partial charge in [-0.3, -0.25) is 4.79 Å². The first-order valence-corrected chi connectivity index (χ1v) is 8.09. The van der Waals surface area contributed by atoms with Gasteiger partial charge >= 0.3 is 0 Å². The van der Waals surface area contributed by atoms with Crippen molar-refractivity contribution in [2.75, 3.05) is 6.54 Å². The minimum atomic E-state index is -0.0382. The molecular weight excluding hydrogens is 270 g/mol. The van der Waals surface area contributed by atoms with Gasteiger partial charge in [0, 0.05) is 6.54 Å². The number of benzene rings is 2. The minimum Gasteiger partial charge on any atom is -0.355 e. The van der Waals surface area contributed by atoms with Crippen LogP contribution in [0.3, 0.4) is 0 Å². The van der Waals surface area contributed by atoms with Crippen molar-refractivity contribution in [3.63, 3.8) is 0 Å². The number of nitrogens with one attached hydrogen (secondary N) is 1. The molecule has 0 aliphatic rings. The Morgan fingerprint density at radius 3 is 2.55 bits per heavy atom. The Bertz CT molecular complexity index is 592. The Balaban J connectivity index is 1.91. The Morgan fingerprint density at radius 1 is 1.09 bits per heavy atom. The van der Waals surface area contributed by atoms with Gasteiger partial charge in [0.1, 0.15) is 0 Å². The average molecular weight is 295 g/mol. The number of rotatable bonds is 7. The van der Waals surface area contributed by atoms with Crippen LogP contribution in [-0.4, -0.2) is 12.5 Å². The van der Waals surface area contributed by atoms with E-state index in [1.807, 2.05) is 30.3 Å². The van der Waals surface area contributed by atoms with Crippen LogP contribution in [0.25, 0.3) is 0 Å². The van der Waals surface area contributed by atoms with Gasteiger partial charge in [0.2, 0.25) is 5.91 Å². The van der Waals surface area contributed by atoms with E-state index in [9.17, 15) is 4.79 Å². The normalized spacial score (nSPS) is 11.9. The maximum atomic E-state index is 12.5. The minimum absolute atomic E-state index is 0.0382. The molecule has 22 heavy (non-hydrogen) atoms. The molecule has 116 valence electrons. The van der Waals surface area contributed by atoms with Crippen LogP contribution in [0, 0.1) is 6.92 Å². The Kier molecular flexibility index (Phi) is 6.20. The molecule has 2 rings (SSSR count). The van der Waals surface area contributed by atoms with Gasteiger partial charge in [0.15, 0.2) is 0 Å². The van der Waals surface area contributed by atoms with Crippen LogP contribution >= 0.6 is 0 Å². The molecule has 1 atom stereocenters. The van der Waals surface area contributed by atoms with E-state index in [1.165, 1.54) is 11.1 Å². The van der Waals surface area contributed by atoms with Crippen LogP contribution in [0.1, 0.15) is 42.4 Å². The lowest BCUT2D eigenvalue weighted by molar-refractivity contribution is -0.122. The first kappa shape index (κ1) is 16.3. The van der Waals surface area contributed by atoms with Crippen molar-refractivity contribution in [3.8, 4) is 0 Å². The van der Waals surface area contributed by atoms with Gasteiger partial charge in [0.05, 0.1) is 5.92 Å². The number of amides is 1. The molecular formula is C20H25NO. The molecule has 0 saturated carbocycles. The lowest BCUT2D eigenvalue weighted by atomic mass is 9.93. The fraction of sp³-hybridized carbons (Fsp3) is 0.350. The zero-order valence-corrected chi connectivity index (χ0v) is 13.5. The second-order valence-electron chi connectivity index (χ2n) is 5.78. The van der Waals surface area contributed by atoms with E-state index in [2.05, 4.69) is 43.4 Å². The quantitative estimate of drug-likeness (QED) is 0.813. The summed E-state index contributed by atoms with van der Waals surface area (Å²) >= 11 is 0. The maximum absolute atomic E-state index is 12.5. The fourth-order valence-corrected chi connectivity index (χ4v) is 2.74. The summed E-state index contributed by atoms with van der Waals surface area (Å²) < 4.78 is 0.